The Morgan fingerprint density at radius 1 is 0.900 bits per heavy atom. The van der Waals surface area contributed by atoms with Gasteiger partial charge in [-0.3, -0.25) is 4.79 Å². The van der Waals surface area contributed by atoms with Gasteiger partial charge in [-0.05, 0) is 12.1 Å². The molecule has 0 bridgehead atoms. The van der Waals surface area contributed by atoms with E-state index in [9.17, 15) is 4.79 Å². The van der Waals surface area contributed by atoms with E-state index in [0.717, 1.165) is 10.3 Å². The van der Waals surface area contributed by atoms with E-state index in [-0.39, 0.29) is 5.56 Å². The summed E-state index contributed by atoms with van der Waals surface area (Å²) >= 11 is 1.47. The Labute approximate surface area is 118 Å². The zero-order valence-electron chi connectivity index (χ0n) is 10.4. The Morgan fingerprint density at radius 3 is 2.50 bits per heavy atom. The summed E-state index contributed by atoms with van der Waals surface area (Å²) in [5.74, 6) is 0.590. The molecule has 0 aliphatic heterocycles. The molecule has 0 amide bonds. The van der Waals surface area contributed by atoms with E-state index >= 15 is 0 Å². The van der Waals surface area contributed by atoms with Gasteiger partial charge in [0.25, 0.3) is 5.56 Å². The van der Waals surface area contributed by atoms with Gasteiger partial charge in [-0.2, -0.15) is 0 Å². The molecule has 0 saturated carbocycles. The van der Waals surface area contributed by atoms with E-state index < -0.39 is 0 Å². The van der Waals surface area contributed by atoms with Crippen molar-refractivity contribution < 1.29 is 0 Å². The molecule has 0 aliphatic rings. The second-order valence-electron chi connectivity index (χ2n) is 4.41. The van der Waals surface area contributed by atoms with Crippen LogP contribution in [-0.2, 0) is 0 Å². The molecule has 0 atom stereocenters. The summed E-state index contributed by atoms with van der Waals surface area (Å²) in [5.41, 5.74) is 0.817. The lowest BCUT2D eigenvalue weighted by Gasteiger charge is -2.00. The number of rotatable bonds is 1. The molecule has 20 heavy (non-hydrogen) atoms. The summed E-state index contributed by atoms with van der Waals surface area (Å²) in [5, 5.41) is 9.01. The lowest BCUT2D eigenvalue weighted by Crippen LogP contribution is -2.12. The van der Waals surface area contributed by atoms with E-state index in [0.29, 0.717) is 16.2 Å². The second-order valence-corrected chi connectivity index (χ2v) is 5.42. The topological polar surface area (TPSA) is 47.3 Å². The van der Waals surface area contributed by atoms with Crippen molar-refractivity contribution >= 4 is 26.4 Å². The Hall–Kier alpha value is -2.53. The highest BCUT2D eigenvalue weighted by molar-refractivity contribution is 7.23. The fourth-order valence-electron chi connectivity index (χ4n) is 2.24. The molecule has 4 nitrogen and oxygen atoms in total. The molecule has 96 valence electrons. The molecule has 0 fully saturated rings. The van der Waals surface area contributed by atoms with Crippen molar-refractivity contribution in [2.75, 3.05) is 0 Å². The molecule has 0 spiro atoms. The average Bonchev–Trinajstić information content (AvgIpc) is 2.92. The number of benzene rings is 2. The molecule has 4 rings (SSSR count). The summed E-state index contributed by atoms with van der Waals surface area (Å²) in [7, 11) is 0. The third-order valence-electron chi connectivity index (χ3n) is 3.19. The van der Waals surface area contributed by atoms with Gasteiger partial charge in [-0.1, -0.05) is 53.8 Å². The molecule has 4 aromatic rings. The first kappa shape index (κ1) is 11.3. The van der Waals surface area contributed by atoms with Gasteiger partial charge in [-0.15, -0.1) is 10.2 Å². The Morgan fingerprint density at radius 2 is 1.65 bits per heavy atom. The van der Waals surface area contributed by atoms with Crippen LogP contribution >= 0.6 is 11.3 Å². The van der Waals surface area contributed by atoms with Gasteiger partial charge in [0.15, 0.2) is 5.82 Å². The predicted molar refractivity (Wildman–Crippen MR) is 80.1 cm³/mol. The first-order chi connectivity index (χ1) is 9.84. The first-order valence-corrected chi connectivity index (χ1v) is 6.98. The van der Waals surface area contributed by atoms with Crippen LogP contribution in [0.15, 0.2) is 59.4 Å². The summed E-state index contributed by atoms with van der Waals surface area (Å²) in [4.78, 5) is 13.3. The second kappa shape index (κ2) is 4.25. The lowest BCUT2D eigenvalue weighted by atomic mass is 10.2. The highest BCUT2D eigenvalue weighted by Crippen LogP contribution is 2.22. The van der Waals surface area contributed by atoms with Crippen molar-refractivity contribution in [1.82, 2.24) is 14.6 Å². The third kappa shape index (κ3) is 1.57. The number of hydrogen-bond acceptors (Lipinski definition) is 4. The van der Waals surface area contributed by atoms with Crippen LogP contribution in [0.1, 0.15) is 0 Å². The van der Waals surface area contributed by atoms with Crippen LogP contribution in [0.4, 0.5) is 0 Å². The van der Waals surface area contributed by atoms with Crippen molar-refractivity contribution in [3.05, 3.63) is 65.0 Å². The Bertz CT molecular complexity index is 973. The molecular formula is C15H9N3OS. The predicted octanol–water partition coefficient (Wildman–Crippen LogP) is 2.97. The number of hydrogen-bond donors (Lipinski definition) is 0. The van der Waals surface area contributed by atoms with Gasteiger partial charge >= 0.3 is 0 Å². The zero-order chi connectivity index (χ0) is 13.5. The number of nitrogens with zero attached hydrogens (tertiary/aromatic N) is 3. The molecule has 0 N–H and O–H groups in total. The molecular weight excluding hydrogens is 270 g/mol. The SMILES string of the molecule is O=c1c2ccccc2sc2nnc(-c3ccccc3)n12. The monoisotopic (exact) mass is 279 g/mol. The Kier molecular flexibility index (Phi) is 2.40. The van der Waals surface area contributed by atoms with Crippen LogP contribution in [0.2, 0.25) is 0 Å². The van der Waals surface area contributed by atoms with Crippen LogP contribution in [0.25, 0.3) is 26.4 Å². The maximum Gasteiger partial charge on any atom is 0.267 e. The lowest BCUT2D eigenvalue weighted by molar-refractivity contribution is 1.10. The minimum absolute atomic E-state index is 0.0711. The maximum absolute atomic E-state index is 12.6. The van der Waals surface area contributed by atoms with E-state index in [1.54, 1.807) is 4.40 Å². The first-order valence-electron chi connectivity index (χ1n) is 6.17. The van der Waals surface area contributed by atoms with Gasteiger partial charge < -0.3 is 0 Å². The van der Waals surface area contributed by atoms with Crippen LogP contribution < -0.4 is 5.56 Å². The van der Waals surface area contributed by atoms with Crippen LogP contribution in [0.5, 0.6) is 0 Å². The van der Waals surface area contributed by atoms with Gasteiger partial charge in [0.1, 0.15) is 0 Å². The fraction of sp³-hybridized carbons (Fsp3) is 0. The van der Waals surface area contributed by atoms with Gasteiger partial charge in [0.2, 0.25) is 4.96 Å². The molecule has 2 aromatic heterocycles. The number of fused-ring (bicyclic) bond motifs is 2. The Balaban J connectivity index is 2.16. The van der Waals surface area contributed by atoms with Gasteiger partial charge in [0.05, 0.1) is 5.39 Å². The summed E-state index contributed by atoms with van der Waals surface area (Å²) in [6, 6.07) is 17.2. The van der Waals surface area contributed by atoms with Crippen molar-refractivity contribution in [1.29, 1.82) is 0 Å². The smallest absolute Gasteiger partial charge is 0.267 e. The molecule has 5 heteroatoms. The van der Waals surface area contributed by atoms with Gasteiger partial charge in [0, 0.05) is 10.3 Å². The number of aromatic nitrogens is 3. The summed E-state index contributed by atoms with van der Waals surface area (Å²) in [6.07, 6.45) is 0. The third-order valence-corrected chi connectivity index (χ3v) is 4.21. The zero-order valence-corrected chi connectivity index (χ0v) is 11.2. The van der Waals surface area contributed by atoms with E-state index in [2.05, 4.69) is 10.2 Å². The van der Waals surface area contributed by atoms with Crippen LogP contribution in [0.3, 0.4) is 0 Å². The molecule has 0 saturated heterocycles. The maximum atomic E-state index is 12.6. The summed E-state index contributed by atoms with van der Waals surface area (Å²) in [6.45, 7) is 0. The van der Waals surface area contributed by atoms with E-state index in [1.165, 1.54) is 11.3 Å². The van der Waals surface area contributed by atoms with E-state index in [4.69, 9.17) is 0 Å². The average molecular weight is 279 g/mol. The van der Waals surface area contributed by atoms with Crippen molar-refractivity contribution in [2.45, 2.75) is 0 Å². The van der Waals surface area contributed by atoms with Crippen molar-refractivity contribution in [2.24, 2.45) is 0 Å². The fourth-order valence-corrected chi connectivity index (χ4v) is 3.20. The van der Waals surface area contributed by atoms with Gasteiger partial charge in [-0.25, -0.2) is 4.40 Å². The summed E-state index contributed by atoms with van der Waals surface area (Å²) < 4.78 is 2.51. The quantitative estimate of drug-likeness (QED) is 0.538. The largest absolute Gasteiger partial charge is 0.268 e. The molecule has 0 aliphatic carbocycles. The normalized spacial score (nSPS) is 11.2. The standard InChI is InChI=1S/C15H9N3OS/c19-14-11-8-4-5-9-12(11)20-15-17-16-13(18(14)15)10-6-2-1-3-7-10/h1-9H. The minimum atomic E-state index is -0.0711. The highest BCUT2D eigenvalue weighted by Gasteiger charge is 2.13. The molecule has 0 unspecified atom stereocenters. The molecule has 2 heterocycles. The highest BCUT2D eigenvalue weighted by atomic mass is 32.1. The van der Waals surface area contributed by atoms with Crippen molar-refractivity contribution in [3.63, 3.8) is 0 Å². The van der Waals surface area contributed by atoms with Crippen molar-refractivity contribution in [3.8, 4) is 11.4 Å². The molecule has 2 aromatic carbocycles. The van der Waals surface area contributed by atoms with Crippen LogP contribution in [0, 0.1) is 0 Å². The molecule has 0 radical (unpaired) electrons. The van der Waals surface area contributed by atoms with E-state index in [1.807, 2.05) is 54.6 Å². The van der Waals surface area contributed by atoms with Crippen LogP contribution in [-0.4, -0.2) is 14.6 Å². The minimum Gasteiger partial charge on any atom is -0.268 e.